The van der Waals surface area contributed by atoms with Gasteiger partial charge in [0, 0.05) is 19.3 Å². The molecule has 88 valence electrons. The van der Waals surface area contributed by atoms with Crippen molar-refractivity contribution in [2.24, 2.45) is 17.7 Å². The minimum absolute atomic E-state index is 0.525. The fourth-order valence-electron chi connectivity index (χ4n) is 3.12. The molecular formula is C12H24N2O. The van der Waals surface area contributed by atoms with Crippen LogP contribution in [0.1, 0.15) is 44.9 Å². The van der Waals surface area contributed by atoms with Crippen LogP contribution in [0, 0.1) is 11.8 Å². The molecule has 0 aromatic rings. The standard InChI is InChI=1S/C12H24N2O/c13-14-12(9-10-3-1-2-4-10)11-5-7-15-8-6-11/h10-12,14H,1-9,13H2. The second-order valence-corrected chi connectivity index (χ2v) is 5.11. The Morgan fingerprint density at radius 3 is 2.40 bits per heavy atom. The van der Waals surface area contributed by atoms with Crippen LogP contribution in [0.25, 0.3) is 0 Å². The smallest absolute Gasteiger partial charge is 0.0469 e. The van der Waals surface area contributed by atoms with Gasteiger partial charge in [0.05, 0.1) is 0 Å². The van der Waals surface area contributed by atoms with Crippen molar-refractivity contribution in [1.82, 2.24) is 5.43 Å². The predicted octanol–water partition coefficient (Wildman–Crippen LogP) is 1.83. The van der Waals surface area contributed by atoms with Crippen molar-refractivity contribution >= 4 is 0 Å². The third-order valence-corrected chi connectivity index (χ3v) is 4.11. The van der Waals surface area contributed by atoms with Crippen molar-refractivity contribution in [1.29, 1.82) is 0 Å². The molecule has 15 heavy (non-hydrogen) atoms. The van der Waals surface area contributed by atoms with Gasteiger partial charge in [0.1, 0.15) is 0 Å². The maximum atomic E-state index is 5.69. The van der Waals surface area contributed by atoms with Crippen molar-refractivity contribution in [3.8, 4) is 0 Å². The fourth-order valence-corrected chi connectivity index (χ4v) is 3.12. The number of hydrazine groups is 1. The SMILES string of the molecule is NNC(CC1CCCC1)C1CCOCC1. The van der Waals surface area contributed by atoms with Crippen LogP contribution < -0.4 is 11.3 Å². The summed E-state index contributed by atoms with van der Waals surface area (Å²) in [5, 5.41) is 0. The van der Waals surface area contributed by atoms with Crippen molar-refractivity contribution in [2.75, 3.05) is 13.2 Å². The molecule has 0 aromatic carbocycles. The van der Waals surface area contributed by atoms with E-state index in [0.717, 1.165) is 25.0 Å². The lowest BCUT2D eigenvalue weighted by Gasteiger charge is -2.31. The second kappa shape index (κ2) is 5.83. The number of nitrogens with one attached hydrogen (secondary N) is 1. The topological polar surface area (TPSA) is 47.3 Å². The summed E-state index contributed by atoms with van der Waals surface area (Å²) < 4.78 is 5.40. The zero-order valence-corrected chi connectivity index (χ0v) is 9.58. The summed E-state index contributed by atoms with van der Waals surface area (Å²) in [5.74, 6) is 7.36. The highest BCUT2D eigenvalue weighted by Gasteiger charge is 2.27. The Bertz CT molecular complexity index is 174. The molecule has 1 saturated carbocycles. The minimum Gasteiger partial charge on any atom is -0.381 e. The molecule has 1 aliphatic carbocycles. The fraction of sp³-hybridized carbons (Fsp3) is 1.00. The van der Waals surface area contributed by atoms with E-state index in [2.05, 4.69) is 5.43 Å². The van der Waals surface area contributed by atoms with Crippen LogP contribution in [0.3, 0.4) is 0 Å². The van der Waals surface area contributed by atoms with E-state index >= 15 is 0 Å². The molecule has 0 bridgehead atoms. The van der Waals surface area contributed by atoms with E-state index in [0.29, 0.717) is 6.04 Å². The van der Waals surface area contributed by atoms with Gasteiger partial charge in [-0.15, -0.1) is 0 Å². The van der Waals surface area contributed by atoms with Gasteiger partial charge in [0.2, 0.25) is 0 Å². The van der Waals surface area contributed by atoms with E-state index in [1.165, 1.54) is 44.9 Å². The van der Waals surface area contributed by atoms with E-state index in [-0.39, 0.29) is 0 Å². The van der Waals surface area contributed by atoms with Gasteiger partial charge in [-0.25, -0.2) is 0 Å². The molecule has 3 nitrogen and oxygen atoms in total. The van der Waals surface area contributed by atoms with Gasteiger partial charge in [-0.05, 0) is 31.1 Å². The monoisotopic (exact) mass is 212 g/mol. The zero-order chi connectivity index (χ0) is 10.5. The average molecular weight is 212 g/mol. The van der Waals surface area contributed by atoms with Crippen molar-refractivity contribution in [3.63, 3.8) is 0 Å². The summed E-state index contributed by atoms with van der Waals surface area (Å²) in [6.45, 7) is 1.85. The van der Waals surface area contributed by atoms with Crippen LogP contribution in [-0.4, -0.2) is 19.3 Å². The lowest BCUT2D eigenvalue weighted by Crippen LogP contribution is -2.43. The molecule has 0 radical (unpaired) electrons. The number of ether oxygens (including phenoxy) is 1. The third-order valence-electron chi connectivity index (χ3n) is 4.11. The molecule has 1 unspecified atom stereocenters. The largest absolute Gasteiger partial charge is 0.381 e. The highest BCUT2D eigenvalue weighted by atomic mass is 16.5. The molecule has 1 saturated heterocycles. The summed E-state index contributed by atoms with van der Waals surface area (Å²) >= 11 is 0. The zero-order valence-electron chi connectivity index (χ0n) is 9.58. The van der Waals surface area contributed by atoms with E-state index in [9.17, 15) is 0 Å². The molecule has 2 aliphatic rings. The first-order chi connectivity index (χ1) is 7.40. The first-order valence-electron chi connectivity index (χ1n) is 6.44. The number of hydrogen-bond acceptors (Lipinski definition) is 3. The maximum absolute atomic E-state index is 5.69. The lowest BCUT2D eigenvalue weighted by molar-refractivity contribution is 0.0502. The Morgan fingerprint density at radius 2 is 1.80 bits per heavy atom. The quantitative estimate of drug-likeness (QED) is 0.552. The van der Waals surface area contributed by atoms with Crippen molar-refractivity contribution in [3.05, 3.63) is 0 Å². The van der Waals surface area contributed by atoms with Gasteiger partial charge >= 0.3 is 0 Å². The van der Waals surface area contributed by atoms with Gasteiger partial charge in [-0.2, -0.15) is 0 Å². The lowest BCUT2D eigenvalue weighted by atomic mass is 9.85. The maximum Gasteiger partial charge on any atom is 0.0469 e. The van der Waals surface area contributed by atoms with Gasteiger partial charge in [-0.3, -0.25) is 11.3 Å². The Kier molecular flexibility index (Phi) is 4.42. The molecule has 3 heteroatoms. The van der Waals surface area contributed by atoms with Crippen LogP contribution in [0.5, 0.6) is 0 Å². The second-order valence-electron chi connectivity index (χ2n) is 5.11. The number of nitrogens with two attached hydrogens (primary N) is 1. The number of rotatable bonds is 4. The molecule has 2 fully saturated rings. The van der Waals surface area contributed by atoms with Crippen molar-refractivity contribution < 1.29 is 4.74 Å². The van der Waals surface area contributed by atoms with Gasteiger partial charge in [0.25, 0.3) is 0 Å². The molecule has 1 atom stereocenters. The highest BCUT2D eigenvalue weighted by molar-refractivity contribution is 4.81. The molecule has 2 rings (SSSR count). The van der Waals surface area contributed by atoms with Crippen LogP contribution in [0.2, 0.25) is 0 Å². The summed E-state index contributed by atoms with van der Waals surface area (Å²) in [5.41, 5.74) is 3.04. The van der Waals surface area contributed by atoms with Crippen LogP contribution in [0.4, 0.5) is 0 Å². The van der Waals surface area contributed by atoms with E-state index in [4.69, 9.17) is 10.6 Å². The van der Waals surface area contributed by atoms with Gasteiger partial charge < -0.3 is 4.74 Å². The summed E-state index contributed by atoms with van der Waals surface area (Å²) in [7, 11) is 0. The molecule has 0 spiro atoms. The van der Waals surface area contributed by atoms with Gasteiger partial charge in [0.15, 0.2) is 0 Å². The molecule has 1 heterocycles. The summed E-state index contributed by atoms with van der Waals surface area (Å²) in [6, 6.07) is 0.525. The Morgan fingerprint density at radius 1 is 1.13 bits per heavy atom. The van der Waals surface area contributed by atoms with E-state index < -0.39 is 0 Å². The van der Waals surface area contributed by atoms with E-state index in [1.807, 2.05) is 0 Å². The van der Waals surface area contributed by atoms with Crippen LogP contribution in [0.15, 0.2) is 0 Å². The Hall–Kier alpha value is -0.120. The molecule has 0 aromatic heterocycles. The van der Waals surface area contributed by atoms with Gasteiger partial charge in [-0.1, -0.05) is 25.7 Å². The molecule has 1 aliphatic heterocycles. The average Bonchev–Trinajstić information content (AvgIpc) is 2.80. The molecular weight excluding hydrogens is 188 g/mol. The minimum atomic E-state index is 0.525. The first kappa shape index (κ1) is 11.4. The normalized spacial score (nSPS) is 27.0. The molecule has 0 amide bonds. The van der Waals surface area contributed by atoms with Crippen LogP contribution in [-0.2, 0) is 4.74 Å². The predicted molar refractivity (Wildman–Crippen MR) is 61.2 cm³/mol. The third kappa shape index (κ3) is 3.16. The Labute approximate surface area is 92.7 Å². The first-order valence-corrected chi connectivity index (χ1v) is 6.44. The summed E-state index contributed by atoms with van der Waals surface area (Å²) in [4.78, 5) is 0. The molecule has 3 N–H and O–H groups in total. The van der Waals surface area contributed by atoms with Crippen LogP contribution >= 0.6 is 0 Å². The van der Waals surface area contributed by atoms with E-state index in [1.54, 1.807) is 0 Å². The summed E-state index contributed by atoms with van der Waals surface area (Å²) in [6.07, 6.45) is 9.33. The highest BCUT2D eigenvalue weighted by Crippen LogP contribution is 2.31. The Balaban J connectivity index is 1.79. The van der Waals surface area contributed by atoms with Crippen molar-refractivity contribution in [2.45, 2.75) is 51.0 Å². The number of hydrogen-bond donors (Lipinski definition) is 2.